The lowest BCUT2D eigenvalue weighted by Gasteiger charge is -2.30. The third-order valence-corrected chi connectivity index (χ3v) is 9.53. The zero-order valence-corrected chi connectivity index (χ0v) is 18.9. The molecule has 0 aromatic heterocycles. The number of anilines is 1. The van der Waals surface area contributed by atoms with Gasteiger partial charge in [-0.2, -0.15) is 4.31 Å². The van der Waals surface area contributed by atoms with E-state index in [9.17, 15) is 18.0 Å². The van der Waals surface area contributed by atoms with Crippen molar-refractivity contribution in [3.05, 3.63) is 18.2 Å². The van der Waals surface area contributed by atoms with Gasteiger partial charge >= 0.3 is 0 Å². The average Bonchev–Trinajstić information content (AvgIpc) is 3.24. The van der Waals surface area contributed by atoms with E-state index in [2.05, 4.69) is 5.32 Å². The maximum atomic E-state index is 13.0. The van der Waals surface area contributed by atoms with Crippen LogP contribution < -0.4 is 10.1 Å². The smallest absolute Gasteiger partial charge is 0.248 e. The summed E-state index contributed by atoms with van der Waals surface area (Å²) in [5.41, 5.74) is 0.297. The maximum Gasteiger partial charge on any atom is 0.248 e. The molecule has 3 aliphatic rings. The Morgan fingerprint density at radius 3 is 2.70 bits per heavy atom. The normalized spacial score (nSPS) is 27.2. The van der Waals surface area contributed by atoms with Gasteiger partial charge in [0.2, 0.25) is 21.8 Å². The fraction of sp³-hybridized carbons (Fsp3) is 0.600. The molecule has 0 saturated carbocycles. The van der Waals surface area contributed by atoms with Gasteiger partial charge in [-0.25, -0.2) is 8.42 Å². The van der Waals surface area contributed by atoms with Crippen molar-refractivity contribution in [2.75, 3.05) is 31.3 Å². The SMILES string of the molecule is COc1ccc(S(=O)(=O)N2CCCCC2)cc1NC(=O)[C@H]1CS[C@]2(C)CCC(=O)N12. The molecule has 0 spiro atoms. The molecule has 3 saturated heterocycles. The molecule has 0 unspecified atom stereocenters. The van der Waals surface area contributed by atoms with Crippen LogP contribution in [0.5, 0.6) is 5.75 Å². The topological polar surface area (TPSA) is 96.0 Å². The number of rotatable bonds is 5. The summed E-state index contributed by atoms with van der Waals surface area (Å²) >= 11 is 1.61. The molecular weight excluding hydrogens is 426 g/mol. The number of methoxy groups -OCH3 is 1. The lowest BCUT2D eigenvalue weighted by Crippen LogP contribution is -2.48. The zero-order chi connectivity index (χ0) is 21.5. The van der Waals surface area contributed by atoms with Gasteiger partial charge in [0.15, 0.2) is 0 Å². The first-order chi connectivity index (χ1) is 14.3. The number of amides is 2. The Bertz CT molecular complexity index is 961. The molecule has 3 heterocycles. The Morgan fingerprint density at radius 2 is 2.00 bits per heavy atom. The van der Waals surface area contributed by atoms with E-state index in [0.717, 1.165) is 25.7 Å². The van der Waals surface area contributed by atoms with E-state index in [0.29, 0.717) is 36.7 Å². The van der Waals surface area contributed by atoms with Crippen molar-refractivity contribution in [1.29, 1.82) is 0 Å². The van der Waals surface area contributed by atoms with Gasteiger partial charge in [0.25, 0.3) is 0 Å². The van der Waals surface area contributed by atoms with Crippen LogP contribution in [-0.4, -0.2) is 66.3 Å². The first-order valence-electron chi connectivity index (χ1n) is 10.2. The molecule has 0 radical (unpaired) electrons. The van der Waals surface area contributed by atoms with Crippen molar-refractivity contribution in [2.24, 2.45) is 0 Å². The third-order valence-electron chi connectivity index (χ3n) is 6.13. The molecule has 0 bridgehead atoms. The minimum Gasteiger partial charge on any atom is -0.495 e. The summed E-state index contributed by atoms with van der Waals surface area (Å²) in [4.78, 5) is 26.8. The highest BCUT2D eigenvalue weighted by atomic mass is 32.2. The molecule has 2 atom stereocenters. The molecule has 10 heteroatoms. The summed E-state index contributed by atoms with van der Waals surface area (Å²) in [6, 6.07) is 3.93. The number of fused-ring (bicyclic) bond motifs is 1. The highest BCUT2D eigenvalue weighted by Gasteiger charge is 2.53. The molecule has 4 rings (SSSR count). The van der Waals surface area contributed by atoms with Crippen LogP contribution in [0.1, 0.15) is 39.0 Å². The number of thioether (sulfide) groups is 1. The van der Waals surface area contributed by atoms with Crippen molar-refractivity contribution < 1.29 is 22.7 Å². The number of ether oxygens (including phenoxy) is 1. The molecule has 30 heavy (non-hydrogen) atoms. The van der Waals surface area contributed by atoms with E-state index in [1.807, 2.05) is 6.92 Å². The molecule has 1 aromatic rings. The highest BCUT2D eigenvalue weighted by molar-refractivity contribution is 8.01. The summed E-state index contributed by atoms with van der Waals surface area (Å²) in [7, 11) is -2.17. The van der Waals surface area contributed by atoms with Crippen molar-refractivity contribution in [3.63, 3.8) is 0 Å². The van der Waals surface area contributed by atoms with Crippen LogP contribution >= 0.6 is 11.8 Å². The molecule has 1 N–H and O–H groups in total. The van der Waals surface area contributed by atoms with Crippen molar-refractivity contribution in [2.45, 2.75) is 54.8 Å². The number of nitrogens with zero attached hydrogens (tertiary/aromatic N) is 2. The molecule has 8 nitrogen and oxygen atoms in total. The van der Waals surface area contributed by atoms with Gasteiger partial charge in [-0.3, -0.25) is 9.59 Å². The van der Waals surface area contributed by atoms with Gasteiger partial charge < -0.3 is 15.0 Å². The Balaban J connectivity index is 1.58. The van der Waals surface area contributed by atoms with Crippen LogP contribution in [0, 0.1) is 0 Å². The second kappa shape index (κ2) is 8.05. The summed E-state index contributed by atoms with van der Waals surface area (Å²) < 4.78 is 32.9. The third kappa shape index (κ3) is 3.69. The predicted octanol–water partition coefficient (Wildman–Crippen LogP) is 2.26. The number of benzene rings is 1. The van der Waals surface area contributed by atoms with Crippen molar-refractivity contribution in [1.82, 2.24) is 9.21 Å². The Kier molecular flexibility index (Phi) is 5.75. The standard InChI is InChI=1S/C20H27N3O5S2/c1-20-9-8-18(24)23(20)16(13-29-20)19(25)21-15-12-14(6-7-17(15)28-2)30(26,27)22-10-4-3-5-11-22/h6-7,12,16H,3-5,8-11,13H2,1-2H3,(H,21,25)/t16-,20-/m1/s1. The van der Waals surface area contributed by atoms with Gasteiger partial charge in [-0.05, 0) is 44.4 Å². The Hall–Kier alpha value is -1.78. The van der Waals surface area contributed by atoms with Crippen LogP contribution in [0.15, 0.2) is 23.1 Å². The number of hydrogen-bond donors (Lipinski definition) is 1. The van der Waals surface area contributed by atoms with E-state index < -0.39 is 16.1 Å². The first-order valence-corrected chi connectivity index (χ1v) is 12.6. The van der Waals surface area contributed by atoms with Crippen LogP contribution in [0.3, 0.4) is 0 Å². The largest absolute Gasteiger partial charge is 0.495 e. The molecule has 3 fully saturated rings. The second-order valence-electron chi connectivity index (χ2n) is 8.08. The monoisotopic (exact) mass is 453 g/mol. The summed E-state index contributed by atoms with van der Waals surface area (Å²) in [5.74, 6) is 0.549. The van der Waals surface area contributed by atoms with E-state index in [1.165, 1.54) is 23.5 Å². The van der Waals surface area contributed by atoms with E-state index in [1.54, 1.807) is 22.7 Å². The minimum atomic E-state index is -3.64. The van der Waals surface area contributed by atoms with Crippen LogP contribution in [-0.2, 0) is 19.6 Å². The molecule has 3 aliphatic heterocycles. The van der Waals surface area contributed by atoms with Crippen LogP contribution in [0.4, 0.5) is 5.69 Å². The number of carbonyl (C=O) groups is 2. The zero-order valence-electron chi connectivity index (χ0n) is 17.2. The van der Waals surface area contributed by atoms with Crippen molar-refractivity contribution in [3.8, 4) is 5.75 Å². The summed E-state index contributed by atoms with van der Waals surface area (Å²) in [5, 5.41) is 2.82. The van der Waals surface area contributed by atoms with Gasteiger partial charge in [0, 0.05) is 25.3 Å². The Labute approximate surface area is 181 Å². The van der Waals surface area contributed by atoms with E-state index >= 15 is 0 Å². The van der Waals surface area contributed by atoms with E-state index in [-0.39, 0.29) is 21.6 Å². The number of nitrogens with one attached hydrogen (secondary N) is 1. The Morgan fingerprint density at radius 1 is 1.27 bits per heavy atom. The molecule has 1 aromatic carbocycles. The fourth-order valence-corrected chi connectivity index (χ4v) is 7.41. The number of hydrogen-bond acceptors (Lipinski definition) is 6. The molecular formula is C20H27N3O5S2. The second-order valence-corrected chi connectivity index (χ2v) is 11.5. The fourth-order valence-electron chi connectivity index (χ4n) is 4.43. The number of piperidine rings is 1. The lowest BCUT2D eigenvalue weighted by molar-refractivity contribution is -0.135. The van der Waals surface area contributed by atoms with Gasteiger partial charge in [-0.15, -0.1) is 11.8 Å². The van der Waals surface area contributed by atoms with Gasteiger partial charge in [-0.1, -0.05) is 6.42 Å². The molecule has 164 valence electrons. The quantitative estimate of drug-likeness (QED) is 0.735. The summed E-state index contributed by atoms with van der Waals surface area (Å²) in [6.45, 7) is 3.00. The lowest BCUT2D eigenvalue weighted by atomic mass is 10.2. The van der Waals surface area contributed by atoms with Crippen molar-refractivity contribution >= 4 is 39.3 Å². The summed E-state index contributed by atoms with van der Waals surface area (Å²) in [6.07, 6.45) is 3.90. The van der Waals surface area contributed by atoms with Gasteiger partial charge in [0.1, 0.15) is 11.8 Å². The van der Waals surface area contributed by atoms with Crippen LogP contribution in [0.2, 0.25) is 0 Å². The number of sulfonamides is 1. The van der Waals surface area contributed by atoms with Crippen LogP contribution in [0.25, 0.3) is 0 Å². The highest BCUT2D eigenvalue weighted by Crippen LogP contribution is 2.47. The van der Waals surface area contributed by atoms with Gasteiger partial charge in [0.05, 0.1) is 22.6 Å². The van der Waals surface area contributed by atoms with E-state index in [4.69, 9.17) is 4.74 Å². The average molecular weight is 454 g/mol. The number of carbonyl (C=O) groups excluding carboxylic acids is 2. The predicted molar refractivity (Wildman–Crippen MR) is 115 cm³/mol. The minimum absolute atomic E-state index is 0.0176. The molecule has 2 amide bonds. The first kappa shape index (κ1) is 21.5. The maximum absolute atomic E-state index is 13.0. The molecule has 0 aliphatic carbocycles.